The van der Waals surface area contributed by atoms with Crippen molar-refractivity contribution in [2.75, 3.05) is 13.2 Å². The number of carbonyl (C=O) groups excluding carboxylic acids is 2. The van der Waals surface area contributed by atoms with Gasteiger partial charge in [0.25, 0.3) is 0 Å². The standard InChI is InChI=1S/C16H27NO5/c1-7-20-13(18)10-8-9-12-11-21-16(5,6)17(12)14(19)22-15(2,3)4/h8,10,12H,7,9,11H2,1-6H3. The zero-order valence-corrected chi connectivity index (χ0v) is 14.3. The van der Waals surface area contributed by atoms with Crippen LogP contribution in [0.15, 0.2) is 12.2 Å². The number of carbonyl (C=O) groups is 2. The van der Waals surface area contributed by atoms with Crippen molar-refractivity contribution in [1.29, 1.82) is 0 Å². The van der Waals surface area contributed by atoms with Gasteiger partial charge in [0.05, 0.1) is 19.3 Å². The van der Waals surface area contributed by atoms with Gasteiger partial charge in [0.2, 0.25) is 0 Å². The summed E-state index contributed by atoms with van der Waals surface area (Å²) in [5.41, 5.74) is -1.30. The van der Waals surface area contributed by atoms with Crippen LogP contribution in [0.5, 0.6) is 0 Å². The van der Waals surface area contributed by atoms with Crippen molar-refractivity contribution in [3.8, 4) is 0 Å². The van der Waals surface area contributed by atoms with Crippen molar-refractivity contribution in [3.05, 3.63) is 12.2 Å². The highest BCUT2D eigenvalue weighted by Gasteiger charge is 2.45. The highest BCUT2D eigenvalue weighted by atomic mass is 16.6. The van der Waals surface area contributed by atoms with E-state index in [-0.39, 0.29) is 12.0 Å². The number of rotatable bonds is 4. The molecule has 1 unspecified atom stereocenters. The summed E-state index contributed by atoms with van der Waals surface area (Å²) in [7, 11) is 0. The maximum atomic E-state index is 12.4. The summed E-state index contributed by atoms with van der Waals surface area (Å²) < 4.78 is 16.0. The average molecular weight is 313 g/mol. The van der Waals surface area contributed by atoms with Gasteiger partial charge in [-0.05, 0) is 48.0 Å². The fourth-order valence-corrected chi connectivity index (χ4v) is 2.25. The molecule has 1 heterocycles. The van der Waals surface area contributed by atoms with Crippen LogP contribution in [0, 0.1) is 0 Å². The van der Waals surface area contributed by atoms with Gasteiger partial charge in [-0.25, -0.2) is 9.59 Å². The Bertz CT molecular complexity index is 436. The lowest BCUT2D eigenvalue weighted by Crippen LogP contribution is -2.49. The van der Waals surface area contributed by atoms with E-state index >= 15 is 0 Å². The van der Waals surface area contributed by atoms with E-state index in [1.54, 1.807) is 17.9 Å². The van der Waals surface area contributed by atoms with Gasteiger partial charge in [-0.3, -0.25) is 4.90 Å². The summed E-state index contributed by atoms with van der Waals surface area (Å²) in [4.78, 5) is 25.3. The third-order valence-electron chi connectivity index (χ3n) is 3.11. The molecule has 0 saturated carbocycles. The minimum absolute atomic E-state index is 0.171. The van der Waals surface area contributed by atoms with Gasteiger partial charge in [0.15, 0.2) is 0 Å². The largest absolute Gasteiger partial charge is 0.463 e. The minimum atomic E-state index is -0.731. The summed E-state index contributed by atoms with van der Waals surface area (Å²) in [6.07, 6.45) is 3.17. The lowest BCUT2D eigenvalue weighted by atomic mass is 10.1. The number of amides is 1. The highest BCUT2D eigenvalue weighted by Crippen LogP contribution is 2.30. The molecule has 0 aliphatic carbocycles. The fourth-order valence-electron chi connectivity index (χ4n) is 2.25. The third kappa shape index (κ3) is 5.33. The van der Waals surface area contributed by atoms with E-state index in [4.69, 9.17) is 14.2 Å². The van der Waals surface area contributed by atoms with Crippen LogP contribution in [0.4, 0.5) is 4.79 Å². The number of ether oxygens (including phenoxy) is 3. The molecule has 1 saturated heterocycles. The van der Waals surface area contributed by atoms with Gasteiger partial charge in [0.1, 0.15) is 11.3 Å². The van der Waals surface area contributed by atoms with Crippen molar-refractivity contribution in [3.63, 3.8) is 0 Å². The van der Waals surface area contributed by atoms with Crippen molar-refractivity contribution in [2.24, 2.45) is 0 Å². The van der Waals surface area contributed by atoms with Crippen LogP contribution in [0.2, 0.25) is 0 Å². The lowest BCUT2D eigenvalue weighted by Gasteiger charge is -2.34. The minimum Gasteiger partial charge on any atom is -0.463 e. The van der Waals surface area contributed by atoms with Crippen molar-refractivity contribution < 1.29 is 23.8 Å². The molecule has 0 bridgehead atoms. The van der Waals surface area contributed by atoms with Gasteiger partial charge in [0, 0.05) is 6.08 Å². The second kappa shape index (κ2) is 7.13. The molecule has 0 N–H and O–H groups in total. The van der Waals surface area contributed by atoms with E-state index in [0.717, 1.165) is 0 Å². The molecular weight excluding hydrogens is 286 g/mol. The number of hydrogen-bond acceptors (Lipinski definition) is 5. The van der Waals surface area contributed by atoms with Crippen molar-refractivity contribution >= 4 is 12.1 Å². The number of esters is 1. The molecular formula is C16H27NO5. The van der Waals surface area contributed by atoms with E-state index in [0.29, 0.717) is 19.6 Å². The molecule has 0 spiro atoms. The molecule has 22 heavy (non-hydrogen) atoms. The van der Waals surface area contributed by atoms with E-state index < -0.39 is 17.4 Å². The molecule has 1 aliphatic rings. The Balaban J connectivity index is 2.73. The second-order valence-electron chi connectivity index (χ2n) is 6.65. The predicted octanol–water partition coefficient (Wildman–Crippen LogP) is 2.87. The first-order chi connectivity index (χ1) is 10.1. The van der Waals surface area contributed by atoms with Crippen LogP contribution in [0.1, 0.15) is 48.0 Å². The SMILES string of the molecule is CCOC(=O)C=CCC1COC(C)(C)N1C(=O)OC(C)(C)C. The van der Waals surface area contributed by atoms with Crippen LogP contribution in [-0.2, 0) is 19.0 Å². The first kappa shape index (κ1) is 18.5. The van der Waals surface area contributed by atoms with Gasteiger partial charge >= 0.3 is 12.1 Å². The smallest absolute Gasteiger partial charge is 0.412 e. The van der Waals surface area contributed by atoms with Crippen LogP contribution in [0.25, 0.3) is 0 Å². The summed E-state index contributed by atoms with van der Waals surface area (Å²) >= 11 is 0. The molecule has 1 atom stereocenters. The van der Waals surface area contributed by atoms with Crippen LogP contribution >= 0.6 is 0 Å². The lowest BCUT2D eigenvalue weighted by molar-refractivity contribution is -0.137. The Morgan fingerprint density at radius 3 is 2.55 bits per heavy atom. The molecule has 6 nitrogen and oxygen atoms in total. The highest BCUT2D eigenvalue weighted by molar-refractivity contribution is 5.81. The molecule has 0 aromatic rings. The zero-order chi connectivity index (χ0) is 17.0. The number of nitrogens with zero attached hydrogens (tertiary/aromatic N) is 1. The Morgan fingerprint density at radius 2 is 2.00 bits per heavy atom. The number of hydrogen-bond donors (Lipinski definition) is 0. The molecule has 6 heteroatoms. The fraction of sp³-hybridized carbons (Fsp3) is 0.750. The first-order valence-corrected chi connectivity index (χ1v) is 7.56. The Labute approximate surface area is 132 Å². The second-order valence-corrected chi connectivity index (χ2v) is 6.65. The Morgan fingerprint density at radius 1 is 1.36 bits per heavy atom. The third-order valence-corrected chi connectivity index (χ3v) is 3.11. The maximum absolute atomic E-state index is 12.4. The topological polar surface area (TPSA) is 65.1 Å². The van der Waals surface area contributed by atoms with Gasteiger partial charge in [-0.15, -0.1) is 0 Å². The summed E-state index contributed by atoms with van der Waals surface area (Å²) in [6.45, 7) is 11.6. The Hall–Kier alpha value is -1.56. The molecule has 1 amide bonds. The van der Waals surface area contributed by atoms with E-state index in [2.05, 4.69) is 0 Å². The average Bonchev–Trinajstić information content (AvgIpc) is 2.62. The first-order valence-electron chi connectivity index (χ1n) is 7.56. The molecule has 1 aliphatic heterocycles. The molecule has 0 radical (unpaired) electrons. The predicted molar refractivity (Wildman–Crippen MR) is 82.3 cm³/mol. The summed E-state index contributed by atoms with van der Waals surface area (Å²) in [5, 5.41) is 0. The quantitative estimate of drug-likeness (QED) is 0.590. The monoisotopic (exact) mass is 313 g/mol. The Kier molecular flexibility index (Phi) is 6.00. The summed E-state index contributed by atoms with van der Waals surface area (Å²) in [5.74, 6) is -0.385. The molecule has 1 rings (SSSR count). The normalized spacial score (nSPS) is 21.2. The molecule has 0 aromatic heterocycles. The van der Waals surface area contributed by atoms with Crippen LogP contribution < -0.4 is 0 Å². The van der Waals surface area contributed by atoms with E-state index in [9.17, 15) is 9.59 Å². The maximum Gasteiger partial charge on any atom is 0.412 e. The zero-order valence-electron chi connectivity index (χ0n) is 14.3. The van der Waals surface area contributed by atoms with Gasteiger partial charge < -0.3 is 14.2 Å². The van der Waals surface area contributed by atoms with Gasteiger partial charge in [-0.1, -0.05) is 6.08 Å². The van der Waals surface area contributed by atoms with Crippen LogP contribution in [-0.4, -0.2) is 47.5 Å². The van der Waals surface area contributed by atoms with Gasteiger partial charge in [-0.2, -0.15) is 0 Å². The van der Waals surface area contributed by atoms with E-state index in [1.807, 2.05) is 34.6 Å². The van der Waals surface area contributed by atoms with Crippen LogP contribution in [0.3, 0.4) is 0 Å². The van der Waals surface area contributed by atoms with E-state index in [1.165, 1.54) is 6.08 Å². The molecule has 1 fully saturated rings. The molecule has 0 aromatic carbocycles. The van der Waals surface area contributed by atoms with Crippen molar-refractivity contribution in [2.45, 2.75) is 65.3 Å². The van der Waals surface area contributed by atoms with Crippen molar-refractivity contribution in [1.82, 2.24) is 4.90 Å². The molecule has 126 valence electrons. The summed E-state index contributed by atoms with van der Waals surface area (Å²) in [6, 6.07) is -0.171.